The molecule has 1 aliphatic carbocycles. The number of hydrogen-bond acceptors (Lipinski definition) is 4. The van der Waals surface area contributed by atoms with E-state index in [1.165, 1.54) is 0 Å². The molecule has 138 valence electrons. The van der Waals surface area contributed by atoms with Crippen LogP contribution in [0.5, 0.6) is 11.5 Å². The maximum atomic E-state index is 12.5. The number of hydrogen-bond donors (Lipinski definition) is 0. The molecule has 27 heavy (non-hydrogen) atoms. The van der Waals surface area contributed by atoms with Crippen molar-refractivity contribution in [1.29, 1.82) is 5.26 Å². The number of rotatable bonds is 6. The summed E-state index contributed by atoms with van der Waals surface area (Å²) in [6.45, 7) is 1.99. The highest BCUT2D eigenvalue weighted by atomic mass is 79.9. The summed E-state index contributed by atoms with van der Waals surface area (Å²) in [6, 6.07) is 18.5. The average molecular weight is 491 g/mol. The van der Waals surface area contributed by atoms with E-state index >= 15 is 0 Å². The lowest BCUT2D eigenvalue weighted by Gasteiger charge is -2.13. The van der Waals surface area contributed by atoms with Gasteiger partial charge in [-0.25, -0.2) is 0 Å². The van der Waals surface area contributed by atoms with Crippen LogP contribution in [0.2, 0.25) is 0 Å². The monoisotopic (exact) mass is 489 g/mol. The van der Waals surface area contributed by atoms with Crippen LogP contribution < -0.4 is 4.74 Å². The number of para-hydroxylation sites is 1. The molecule has 1 aliphatic rings. The molecule has 1 fully saturated rings. The Morgan fingerprint density at radius 3 is 2.52 bits per heavy atom. The second kappa shape index (κ2) is 8.73. The van der Waals surface area contributed by atoms with Gasteiger partial charge >= 0.3 is 5.97 Å². The van der Waals surface area contributed by atoms with Gasteiger partial charge in [0.2, 0.25) is 6.10 Å². The summed E-state index contributed by atoms with van der Waals surface area (Å²) in [6.07, 6.45) is 0.966. The lowest BCUT2D eigenvalue weighted by atomic mass is 10.1. The number of halogens is 2. The van der Waals surface area contributed by atoms with Gasteiger partial charge in [0, 0.05) is 5.56 Å². The van der Waals surface area contributed by atoms with Crippen molar-refractivity contribution < 1.29 is 14.3 Å². The molecule has 3 rings (SSSR count). The van der Waals surface area contributed by atoms with Crippen molar-refractivity contribution in [1.82, 2.24) is 0 Å². The third kappa shape index (κ3) is 5.00. The number of esters is 1. The number of benzene rings is 2. The summed E-state index contributed by atoms with van der Waals surface area (Å²) in [5, 5.41) is 9.49. The molecule has 0 aliphatic heterocycles. The van der Waals surface area contributed by atoms with Crippen LogP contribution in [0.4, 0.5) is 0 Å². The SMILES string of the molecule is CC1[C@@H](C=C(Br)Br)[C@H]1C(=O)O[C@H](C#N)c1cccc(Oc2ccccc2)c1. The molecule has 0 aromatic heterocycles. The standard InChI is InChI=1S/C21H17Br2NO3/c1-13-17(11-19(22)23)20(13)21(25)27-18(12-24)14-6-5-9-16(10-14)26-15-7-3-2-4-8-15/h2-11,13,17-18,20H,1H3/t13?,17-,18-,20+/m1/s1. The van der Waals surface area contributed by atoms with Crippen LogP contribution in [0.15, 0.2) is 64.1 Å². The van der Waals surface area contributed by atoms with Crippen LogP contribution in [0.1, 0.15) is 18.6 Å². The molecule has 0 N–H and O–H groups in total. The molecule has 1 saturated carbocycles. The van der Waals surface area contributed by atoms with Gasteiger partial charge in [-0.15, -0.1) is 0 Å². The van der Waals surface area contributed by atoms with Crippen molar-refractivity contribution in [3.63, 3.8) is 0 Å². The van der Waals surface area contributed by atoms with Crippen LogP contribution >= 0.6 is 31.9 Å². The van der Waals surface area contributed by atoms with Crippen LogP contribution in [-0.2, 0) is 9.53 Å². The highest BCUT2D eigenvalue weighted by Crippen LogP contribution is 2.49. The van der Waals surface area contributed by atoms with Crippen molar-refractivity contribution in [2.45, 2.75) is 13.0 Å². The van der Waals surface area contributed by atoms with Gasteiger partial charge < -0.3 is 9.47 Å². The molecule has 4 atom stereocenters. The van der Waals surface area contributed by atoms with E-state index in [0.29, 0.717) is 17.1 Å². The van der Waals surface area contributed by atoms with E-state index in [1.54, 1.807) is 24.3 Å². The summed E-state index contributed by atoms with van der Waals surface area (Å²) < 4.78 is 12.1. The van der Waals surface area contributed by atoms with Crippen LogP contribution in [0.25, 0.3) is 0 Å². The van der Waals surface area contributed by atoms with Crippen molar-refractivity contribution in [3.8, 4) is 17.6 Å². The van der Waals surface area contributed by atoms with Gasteiger partial charge in [-0.1, -0.05) is 43.3 Å². The largest absolute Gasteiger partial charge is 0.457 e. The molecular weight excluding hydrogens is 474 g/mol. The van der Waals surface area contributed by atoms with Crippen LogP contribution in [-0.4, -0.2) is 5.97 Å². The Morgan fingerprint density at radius 1 is 1.15 bits per heavy atom. The molecule has 6 heteroatoms. The number of ether oxygens (including phenoxy) is 2. The Balaban J connectivity index is 1.69. The molecule has 0 bridgehead atoms. The molecule has 0 saturated heterocycles. The Labute approximate surface area is 175 Å². The summed E-state index contributed by atoms with van der Waals surface area (Å²) in [5.74, 6) is 0.995. The molecule has 1 unspecified atom stereocenters. The van der Waals surface area contributed by atoms with Crippen molar-refractivity contribution in [3.05, 3.63) is 69.6 Å². The fraction of sp³-hybridized carbons (Fsp3) is 0.238. The number of nitrogens with zero attached hydrogens (tertiary/aromatic N) is 1. The van der Waals surface area contributed by atoms with E-state index in [-0.39, 0.29) is 23.7 Å². The van der Waals surface area contributed by atoms with Crippen LogP contribution in [0, 0.1) is 29.1 Å². The number of allylic oxidation sites excluding steroid dienone is 1. The first-order valence-electron chi connectivity index (χ1n) is 8.45. The lowest BCUT2D eigenvalue weighted by Crippen LogP contribution is -2.13. The Hall–Kier alpha value is -2.10. The smallest absolute Gasteiger partial charge is 0.311 e. The lowest BCUT2D eigenvalue weighted by molar-refractivity contribution is -0.149. The van der Waals surface area contributed by atoms with Crippen molar-refractivity contribution >= 4 is 37.8 Å². The normalized spacial score (nSPS) is 21.5. The Kier molecular flexibility index (Phi) is 6.35. The van der Waals surface area contributed by atoms with E-state index in [0.717, 1.165) is 3.39 Å². The second-order valence-electron chi connectivity index (χ2n) is 6.35. The topological polar surface area (TPSA) is 59.3 Å². The number of nitriles is 1. The molecule has 4 nitrogen and oxygen atoms in total. The fourth-order valence-corrected chi connectivity index (χ4v) is 3.61. The van der Waals surface area contributed by atoms with E-state index in [2.05, 4.69) is 37.9 Å². The average Bonchev–Trinajstić information content (AvgIpc) is 3.28. The van der Waals surface area contributed by atoms with Gasteiger partial charge in [-0.3, -0.25) is 4.79 Å². The predicted molar refractivity (Wildman–Crippen MR) is 109 cm³/mol. The van der Waals surface area contributed by atoms with E-state index in [9.17, 15) is 10.1 Å². The van der Waals surface area contributed by atoms with Gasteiger partial charge in [-0.05, 0) is 68.0 Å². The molecule has 2 aromatic carbocycles. The molecule has 0 amide bonds. The maximum absolute atomic E-state index is 12.5. The maximum Gasteiger partial charge on any atom is 0.311 e. The van der Waals surface area contributed by atoms with Crippen molar-refractivity contribution in [2.75, 3.05) is 0 Å². The van der Waals surface area contributed by atoms with Crippen molar-refractivity contribution in [2.24, 2.45) is 17.8 Å². The van der Waals surface area contributed by atoms with Gasteiger partial charge in [0.05, 0.1) is 9.31 Å². The third-order valence-electron chi connectivity index (χ3n) is 4.53. The highest BCUT2D eigenvalue weighted by Gasteiger charge is 2.52. The second-order valence-corrected chi connectivity index (χ2v) is 9.13. The summed E-state index contributed by atoms with van der Waals surface area (Å²) >= 11 is 6.63. The first-order valence-corrected chi connectivity index (χ1v) is 10.0. The first-order chi connectivity index (χ1) is 13.0. The number of carbonyl (C=O) groups is 1. The van der Waals surface area contributed by atoms with E-state index in [4.69, 9.17) is 9.47 Å². The molecule has 0 spiro atoms. The van der Waals surface area contributed by atoms with E-state index in [1.807, 2.05) is 43.3 Å². The minimum atomic E-state index is -0.971. The zero-order valence-corrected chi connectivity index (χ0v) is 17.7. The Morgan fingerprint density at radius 2 is 1.85 bits per heavy atom. The van der Waals surface area contributed by atoms with Gasteiger partial charge in [0.25, 0.3) is 0 Å². The summed E-state index contributed by atoms with van der Waals surface area (Å²) in [7, 11) is 0. The fourth-order valence-electron chi connectivity index (χ4n) is 3.00. The Bertz CT molecular complexity index is 888. The quantitative estimate of drug-likeness (QED) is 0.459. The zero-order valence-electron chi connectivity index (χ0n) is 14.5. The molecular formula is C21H17Br2NO3. The third-order valence-corrected chi connectivity index (χ3v) is 5.06. The van der Waals surface area contributed by atoms with Gasteiger partial charge in [-0.2, -0.15) is 5.26 Å². The predicted octanol–water partition coefficient (Wildman–Crippen LogP) is 6.10. The van der Waals surface area contributed by atoms with Crippen LogP contribution in [0.3, 0.4) is 0 Å². The summed E-state index contributed by atoms with van der Waals surface area (Å²) in [5.41, 5.74) is 0.585. The van der Waals surface area contributed by atoms with E-state index < -0.39 is 6.10 Å². The molecule has 0 radical (unpaired) electrons. The van der Waals surface area contributed by atoms with Gasteiger partial charge in [0.1, 0.15) is 17.6 Å². The number of carbonyl (C=O) groups excluding carboxylic acids is 1. The highest BCUT2D eigenvalue weighted by molar-refractivity contribution is 9.28. The van der Waals surface area contributed by atoms with Gasteiger partial charge in [0.15, 0.2) is 0 Å². The first kappa shape index (κ1) is 19.7. The molecule has 2 aromatic rings. The minimum Gasteiger partial charge on any atom is -0.457 e. The molecule has 0 heterocycles. The zero-order chi connectivity index (χ0) is 19.4. The summed E-state index contributed by atoms with van der Waals surface area (Å²) in [4.78, 5) is 12.5. The minimum absolute atomic E-state index is 0.110.